The van der Waals surface area contributed by atoms with Crippen molar-refractivity contribution in [3.8, 4) is 0 Å². The van der Waals surface area contributed by atoms with Crippen LogP contribution in [0.25, 0.3) is 6.08 Å². The fourth-order valence-corrected chi connectivity index (χ4v) is 0.931. The quantitative estimate of drug-likeness (QED) is 0.526. The van der Waals surface area contributed by atoms with E-state index in [0.29, 0.717) is 5.56 Å². The molecule has 0 amide bonds. The number of hydrogen-bond donors (Lipinski definition) is 1. The third-order valence-electron chi connectivity index (χ3n) is 1.75. The van der Waals surface area contributed by atoms with E-state index in [1.807, 2.05) is 0 Å². The van der Waals surface area contributed by atoms with Crippen molar-refractivity contribution in [2.24, 2.45) is 7.05 Å². The van der Waals surface area contributed by atoms with Crippen LogP contribution >= 0.6 is 0 Å². The maximum atomic E-state index is 11.0. The van der Waals surface area contributed by atoms with Crippen LogP contribution in [-0.4, -0.2) is 22.6 Å². The third kappa shape index (κ3) is 2.67. The minimum absolute atomic E-state index is 0.0817. The van der Waals surface area contributed by atoms with Crippen molar-refractivity contribution in [3.05, 3.63) is 28.3 Å². The SMILES string of the molecule is COC(=O)C=Cc1cn(C)c(=O)nc1N. The number of methoxy groups -OCH3 is 1. The first-order valence-electron chi connectivity index (χ1n) is 4.13. The van der Waals surface area contributed by atoms with Gasteiger partial charge in [0.15, 0.2) is 0 Å². The molecule has 0 aromatic carbocycles. The molecule has 0 radical (unpaired) electrons. The van der Waals surface area contributed by atoms with Gasteiger partial charge in [-0.15, -0.1) is 0 Å². The van der Waals surface area contributed by atoms with Crippen molar-refractivity contribution >= 4 is 17.9 Å². The van der Waals surface area contributed by atoms with Crippen molar-refractivity contribution in [2.75, 3.05) is 12.8 Å². The number of aromatic nitrogens is 2. The van der Waals surface area contributed by atoms with E-state index in [0.717, 1.165) is 0 Å². The molecule has 1 rings (SSSR count). The van der Waals surface area contributed by atoms with Crippen LogP contribution in [0, 0.1) is 0 Å². The molecule has 1 heterocycles. The van der Waals surface area contributed by atoms with E-state index in [2.05, 4.69) is 9.72 Å². The first-order valence-corrected chi connectivity index (χ1v) is 4.13. The summed E-state index contributed by atoms with van der Waals surface area (Å²) in [6.07, 6.45) is 4.13. The number of rotatable bonds is 2. The number of hydrogen-bond acceptors (Lipinski definition) is 5. The Morgan fingerprint density at radius 3 is 2.93 bits per heavy atom. The van der Waals surface area contributed by atoms with Gasteiger partial charge >= 0.3 is 11.7 Å². The molecule has 0 aliphatic heterocycles. The Labute approximate surface area is 86.0 Å². The number of carbonyl (C=O) groups excluding carboxylic acids is 1. The molecule has 0 aliphatic carbocycles. The zero-order valence-corrected chi connectivity index (χ0v) is 8.43. The van der Waals surface area contributed by atoms with Gasteiger partial charge in [0.2, 0.25) is 0 Å². The standard InChI is InChI=1S/C9H11N3O3/c1-12-5-6(3-4-7(13)15-2)8(10)11-9(12)14/h3-5H,1-2H3,(H2,10,11,14). The lowest BCUT2D eigenvalue weighted by Gasteiger charge is -2.01. The third-order valence-corrected chi connectivity index (χ3v) is 1.75. The molecule has 0 unspecified atom stereocenters. The van der Waals surface area contributed by atoms with Crippen molar-refractivity contribution in [2.45, 2.75) is 0 Å². The summed E-state index contributed by atoms with van der Waals surface area (Å²) in [4.78, 5) is 25.4. The van der Waals surface area contributed by atoms with Gasteiger partial charge in [-0.05, 0) is 6.08 Å². The first-order chi connectivity index (χ1) is 7.04. The highest BCUT2D eigenvalue weighted by atomic mass is 16.5. The summed E-state index contributed by atoms with van der Waals surface area (Å²) < 4.78 is 5.68. The van der Waals surface area contributed by atoms with Crippen molar-refractivity contribution < 1.29 is 9.53 Å². The van der Waals surface area contributed by atoms with E-state index in [1.165, 1.54) is 30.0 Å². The zero-order valence-electron chi connectivity index (χ0n) is 8.43. The lowest BCUT2D eigenvalue weighted by atomic mass is 10.3. The largest absolute Gasteiger partial charge is 0.466 e. The topological polar surface area (TPSA) is 87.2 Å². The number of esters is 1. The summed E-state index contributed by atoms with van der Waals surface area (Å²) >= 11 is 0. The van der Waals surface area contributed by atoms with Crippen molar-refractivity contribution in [1.82, 2.24) is 9.55 Å². The second-order valence-electron chi connectivity index (χ2n) is 2.83. The Hall–Kier alpha value is -2.11. The van der Waals surface area contributed by atoms with Crippen LogP contribution in [0.3, 0.4) is 0 Å². The number of nitrogen functional groups attached to an aromatic ring is 1. The smallest absolute Gasteiger partial charge is 0.349 e. The lowest BCUT2D eigenvalue weighted by Crippen LogP contribution is -2.21. The van der Waals surface area contributed by atoms with E-state index < -0.39 is 11.7 Å². The number of aryl methyl sites for hydroxylation is 1. The normalized spacial score (nSPS) is 10.5. The molecule has 80 valence electrons. The van der Waals surface area contributed by atoms with E-state index in [4.69, 9.17) is 5.73 Å². The summed E-state index contributed by atoms with van der Waals surface area (Å²) in [5.74, 6) is -0.415. The average molecular weight is 209 g/mol. The molecule has 1 aromatic heterocycles. The summed E-state index contributed by atoms with van der Waals surface area (Å²) in [6, 6.07) is 0. The molecule has 0 atom stereocenters. The van der Waals surface area contributed by atoms with Crippen LogP contribution in [0.1, 0.15) is 5.56 Å². The van der Waals surface area contributed by atoms with Gasteiger partial charge < -0.3 is 15.0 Å². The highest BCUT2D eigenvalue weighted by molar-refractivity contribution is 5.87. The van der Waals surface area contributed by atoms with Crippen LogP contribution in [0.4, 0.5) is 5.82 Å². The Bertz CT molecular complexity index is 462. The Balaban J connectivity index is 3.06. The molecule has 0 saturated heterocycles. The molecule has 0 aliphatic rings. The fraction of sp³-hybridized carbons (Fsp3) is 0.222. The first kappa shape index (κ1) is 11.0. The van der Waals surface area contributed by atoms with E-state index in [1.54, 1.807) is 7.05 Å². The number of ether oxygens (including phenoxy) is 1. The van der Waals surface area contributed by atoms with Crippen molar-refractivity contribution in [3.63, 3.8) is 0 Å². The molecular formula is C9H11N3O3. The van der Waals surface area contributed by atoms with Crippen LogP contribution in [0.5, 0.6) is 0 Å². The number of anilines is 1. The van der Waals surface area contributed by atoms with Gasteiger partial charge in [-0.25, -0.2) is 9.59 Å². The number of carbonyl (C=O) groups is 1. The highest BCUT2D eigenvalue weighted by Gasteiger charge is 2.01. The van der Waals surface area contributed by atoms with E-state index >= 15 is 0 Å². The van der Waals surface area contributed by atoms with Crippen molar-refractivity contribution in [1.29, 1.82) is 0 Å². The minimum atomic E-state index is -0.497. The van der Waals surface area contributed by atoms with Gasteiger partial charge in [0.05, 0.1) is 7.11 Å². The second-order valence-corrected chi connectivity index (χ2v) is 2.83. The van der Waals surface area contributed by atoms with E-state index in [9.17, 15) is 9.59 Å². The zero-order chi connectivity index (χ0) is 11.4. The molecule has 0 bridgehead atoms. The van der Waals surface area contributed by atoms with Crippen LogP contribution in [-0.2, 0) is 16.6 Å². The Kier molecular flexibility index (Phi) is 3.22. The molecule has 6 nitrogen and oxygen atoms in total. The van der Waals surface area contributed by atoms with Crippen LogP contribution < -0.4 is 11.4 Å². The molecule has 0 fully saturated rings. The molecule has 0 spiro atoms. The minimum Gasteiger partial charge on any atom is -0.466 e. The molecule has 0 saturated carbocycles. The van der Waals surface area contributed by atoms with Gasteiger partial charge in [0, 0.05) is 24.9 Å². The average Bonchev–Trinajstić information content (AvgIpc) is 2.21. The molecule has 6 heteroatoms. The molecule has 2 N–H and O–H groups in total. The maximum absolute atomic E-state index is 11.0. The summed E-state index contributed by atoms with van der Waals surface area (Å²) in [6.45, 7) is 0. The number of nitrogens with zero attached hydrogens (tertiary/aromatic N) is 2. The van der Waals surface area contributed by atoms with Gasteiger partial charge in [-0.1, -0.05) is 0 Å². The highest BCUT2D eigenvalue weighted by Crippen LogP contribution is 2.06. The number of nitrogens with two attached hydrogens (primary N) is 1. The summed E-state index contributed by atoms with van der Waals surface area (Å²) in [5, 5.41) is 0. The Morgan fingerprint density at radius 1 is 1.67 bits per heavy atom. The van der Waals surface area contributed by atoms with E-state index in [-0.39, 0.29) is 5.82 Å². The fourth-order valence-electron chi connectivity index (χ4n) is 0.931. The monoisotopic (exact) mass is 209 g/mol. The van der Waals surface area contributed by atoms with Gasteiger partial charge in [0.25, 0.3) is 0 Å². The van der Waals surface area contributed by atoms with Gasteiger partial charge in [0.1, 0.15) is 5.82 Å². The molecule has 15 heavy (non-hydrogen) atoms. The summed E-state index contributed by atoms with van der Waals surface area (Å²) in [5.41, 5.74) is 5.54. The predicted octanol–water partition coefficient (Wildman–Crippen LogP) is -0.451. The van der Waals surface area contributed by atoms with Gasteiger partial charge in [-0.3, -0.25) is 0 Å². The maximum Gasteiger partial charge on any atom is 0.349 e. The molecule has 1 aromatic rings. The van der Waals surface area contributed by atoms with Crippen LogP contribution in [0.2, 0.25) is 0 Å². The molecular weight excluding hydrogens is 198 g/mol. The lowest BCUT2D eigenvalue weighted by molar-refractivity contribution is -0.134. The predicted molar refractivity (Wildman–Crippen MR) is 54.9 cm³/mol. The second kappa shape index (κ2) is 4.41. The van der Waals surface area contributed by atoms with Gasteiger partial charge in [-0.2, -0.15) is 4.98 Å². The Morgan fingerprint density at radius 2 is 2.33 bits per heavy atom. The van der Waals surface area contributed by atoms with Crippen LogP contribution in [0.15, 0.2) is 17.1 Å². The summed E-state index contributed by atoms with van der Waals surface area (Å²) in [7, 11) is 2.82.